The van der Waals surface area contributed by atoms with Gasteiger partial charge in [0.15, 0.2) is 0 Å². The summed E-state index contributed by atoms with van der Waals surface area (Å²) in [5, 5.41) is 0. The number of hydrogen-bond donors (Lipinski definition) is 0. The van der Waals surface area contributed by atoms with Gasteiger partial charge in [0, 0.05) is 0 Å². The van der Waals surface area contributed by atoms with Crippen molar-refractivity contribution < 1.29 is 23.1 Å². The maximum absolute atomic E-state index is 10.0. The van der Waals surface area contributed by atoms with Crippen LogP contribution in [-0.2, 0) is 0 Å². The third kappa shape index (κ3) is 10.5. The Kier molecular flexibility index (Phi) is 19.9. The van der Waals surface area contributed by atoms with Crippen molar-refractivity contribution in [3.63, 3.8) is 0 Å². The standard InChI is InChI=1S/ClFP.Li/c1-3-2;/q-1;+1. The van der Waals surface area contributed by atoms with Crippen LogP contribution >= 0.6 is 19.5 Å². The minimum Gasteiger partial charge on any atom is -0.449 e. The maximum atomic E-state index is 10.0. The summed E-state index contributed by atoms with van der Waals surface area (Å²) in [6.07, 6.45) is 0. The molecule has 0 spiro atoms. The number of hydrogen-bond acceptors (Lipinski definition) is 0. The molecule has 4 heavy (non-hydrogen) atoms. The van der Waals surface area contributed by atoms with Crippen LogP contribution in [0.25, 0.3) is 0 Å². The second-order valence-corrected chi connectivity index (χ2v) is 0.575. The third-order valence-corrected chi connectivity index (χ3v) is 0. The van der Waals surface area contributed by atoms with E-state index < -0.39 is 8.24 Å². The molecule has 0 aliphatic heterocycles. The van der Waals surface area contributed by atoms with Crippen molar-refractivity contribution in [1.29, 1.82) is 0 Å². The van der Waals surface area contributed by atoms with Crippen LogP contribution in [0.1, 0.15) is 0 Å². The van der Waals surface area contributed by atoms with E-state index in [-0.39, 0.29) is 18.9 Å². The van der Waals surface area contributed by atoms with E-state index >= 15 is 0 Å². The quantitative estimate of drug-likeness (QED) is 0.265. The van der Waals surface area contributed by atoms with Gasteiger partial charge in [-0.3, -0.25) is 0 Å². The van der Waals surface area contributed by atoms with Gasteiger partial charge >= 0.3 is 18.9 Å². The van der Waals surface area contributed by atoms with Crippen molar-refractivity contribution in [1.82, 2.24) is 0 Å². The molecule has 0 N–H and O–H groups in total. The molecule has 4 heteroatoms. The first-order chi connectivity index (χ1) is 1.41. The zero-order valence-electron chi connectivity index (χ0n) is 2.20. The van der Waals surface area contributed by atoms with Gasteiger partial charge in [0.25, 0.3) is 0 Å². The summed E-state index contributed by atoms with van der Waals surface area (Å²) in [6.45, 7) is 0. The molecule has 0 amide bonds. The summed E-state index contributed by atoms with van der Waals surface area (Å²) >= 11 is 4.30. The van der Waals surface area contributed by atoms with E-state index in [1.807, 2.05) is 0 Å². The van der Waals surface area contributed by atoms with Gasteiger partial charge in [0.05, 0.1) is 0 Å². The number of rotatable bonds is 0. The molecule has 0 atom stereocenters. The molecular weight excluding hydrogens is 92.4 g/mol. The average molecular weight is 92.4 g/mol. The summed E-state index contributed by atoms with van der Waals surface area (Å²) < 4.78 is 10.0. The first-order valence-corrected chi connectivity index (χ1v) is 2.03. The van der Waals surface area contributed by atoms with Crippen LogP contribution in [0.2, 0.25) is 0 Å². The first kappa shape index (κ1) is 8.98. The zero-order chi connectivity index (χ0) is 2.71. The topological polar surface area (TPSA) is 0 Å². The van der Waals surface area contributed by atoms with E-state index in [0.717, 1.165) is 0 Å². The second kappa shape index (κ2) is 8.87. The molecule has 0 unspecified atom stereocenters. The minimum atomic E-state index is -0.611. The Hall–Kier alpha value is 1.25. The van der Waals surface area contributed by atoms with E-state index in [1.165, 1.54) is 0 Å². The Morgan fingerprint density at radius 1 is 1.75 bits per heavy atom. The van der Waals surface area contributed by atoms with Crippen molar-refractivity contribution in [2.45, 2.75) is 0 Å². The molecule has 0 saturated carbocycles. The van der Waals surface area contributed by atoms with Crippen molar-refractivity contribution in [2.24, 2.45) is 0 Å². The normalized spacial score (nSPS) is 7.50. The van der Waals surface area contributed by atoms with Gasteiger partial charge in [0.1, 0.15) is 0 Å². The second-order valence-electron chi connectivity index (χ2n) is 0.0639. The summed E-state index contributed by atoms with van der Waals surface area (Å²) in [5.41, 5.74) is 0. The summed E-state index contributed by atoms with van der Waals surface area (Å²) in [6, 6.07) is 0. The molecule has 0 aliphatic carbocycles. The Morgan fingerprint density at radius 2 is 1.75 bits per heavy atom. The van der Waals surface area contributed by atoms with Crippen LogP contribution < -0.4 is 18.9 Å². The van der Waals surface area contributed by atoms with Gasteiger partial charge in [0.2, 0.25) is 0 Å². The molecule has 0 saturated heterocycles. The molecule has 0 aliphatic rings. The predicted octanol–water partition coefficient (Wildman–Crippen LogP) is -1.03. The SMILES string of the molecule is F[P-]Cl.[Li+]. The maximum Gasteiger partial charge on any atom is 1.00 e. The summed E-state index contributed by atoms with van der Waals surface area (Å²) in [7, 11) is -0.611. The van der Waals surface area contributed by atoms with E-state index in [9.17, 15) is 4.20 Å². The minimum absolute atomic E-state index is 0. The average Bonchev–Trinajstić information content (AvgIpc) is 0.918. The summed E-state index contributed by atoms with van der Waals surface area (Å²) in [5.74, 6) is 0. The Labute approximate surface area is 43.0 Å². The van der Waals surface area contributed by atoms with Gasteiger partial charge in [-0.15, -0.1) is 0 Å². The summed E-state index contributed by atoms with van der Waals surface area (Å²) in [4.78, 5) is 0. The van der Waals surface area contributed by atoms with Gasteiger partial charge in [-0.1, -0.05) is 0 Å². The molecule has 0 bridgehead atoms. The molecule has 0 aromatic rings. The smallest absolute Gasteiger partial charge is 0.449 e. The third-order valence-electron chi connectivity index (χ3n) is 0. The van der Waals surface area contributed by atoms with Crippen molar-refractivity contribution >= 4 is 19.5 Å². The van der Waals surface area contributed by atoms with E-state index in [0.29, 0.717) is 0 Å². The van der Waals surface area contributed by atoms with E-state index in [1.54, 1.807) is 0 Å². The predicted molar refractivity (Wildman–Crippen MR) is 13.9 cm³/mol. The fourth-order valence-electron chi connectivity index (χ4n) is 0. The van der Waals surface area contributed by atoms with Crippen LogP contribution in [0.3, 0.4) is 0 Å². The van der Waals surface area contributed by atoms with Crippen LogP contribution in [0.4, 0.5) is 4.20 Å². The van der Waals surface area contributed by atoms with Crippen LogP contribution in [-0.4, -0.2) is 0 Å². The molecular formula is ClFLiP. The first-order valence-electron chi connectivity index (χ1n) is 0.338. The Balaban J connectivity index is 0. The Bertz CT molecular complexity index is 8.00. The molecule has 0 nitrogen and oxygen atoms in total. The fourth-order valence-corrected chi connectivity index (χ4v) is 0. The van der Waals surface area contributed by atoms with Gasteiger partial charge in [-0.25, -0.2) is 8.24 Å². The van der Waals surface area contributed by atoms with E-state index in [2.05, 4.69) is 11.2 Å². The van der Waals surface area contributed by atoms with Crippen LogP contribution in [0.5, 0.6) is 0 Å². The molecule has 0 fully saturated rings. The zero-order valence-corrected chi connectivity index (χ0v) is 3.85. The Morgan fingerprint density at radius 3 is 1.75 bits per heavy atom. The van der Waals surface area contributed by atoms with Gasteiger partial charge < -0.3 is 15.4 Å². The molecule has 0 heterocycles. The van der Waals surface area contributed by atoms with Crippen molar-refractivity contribution in [2.75, 3.05) is 0 Å². The largest absolute Gasteiger partial charge is 1.00 e. The monoisotopic (exact) mass is 92.0 g/mol. The van der Waals surface area contributed by atoms with Crippen LogP contribution in [0, 0.1) is 0 Å². The van der Waals surface area contributed by atoms with Crippen molar-refractivity contribution in [3.8, 4) is 0 Å². The molecule has 0 rings (SSSR count). The van der Waals surface area contributed by atoms with Crippen LogP contribution in [0.15, 0.2) is 0 Å². The fraction of sp³-hybridized carbons (Fsp3) is 0. The van der Waals surface area contributed by atoms with Gasteiger partial charge in [-0.2, -0.15) is 0 Å². The molecule has 0 aromatic carbocycles. The molecule has 20 valence electrons. The van der Waals surface area contributed by atoms with Gasteiger partial charge in [-0.05, 0) is 0 Å². The van der Waals surface area contributed by atoms with E-state index in [4.69, 9.17) is 0 Å². The molecule has 0 radical (unpaired) electrons. The molecule has 0 aromatic heterocycles. The van der Waals surface area contributed by atoms with Crippen molar-refractivity contribution in [3.05, 3.63) is 0 Å². The number of halogens is 2.